The molecule has 1 heterocycles. The molecule has 0 unspecified atom stereocenters. The number of hydrazine groups is 1. The monoisotopic (exact) mass is 348 g/mol. The number of nitrogens with zero attached hydrogens (tertiary/aromatic N) is 2. The number of benzene rings is 2. The van der Waals surface area contributed by atoms with Crippen molar-refractivity contribution in [1.29, 1.82) is 0 Å². The Kier molecular flexibility index (Phi) is 5.19. The fourth-order valence-electron chi connectivity index (χ4n) is 2.28. The number of aromatic nitrogens is 2. The third-order valence-corrected chi connectivity index (χ3v) is 3.60. The first-order chi connectivity index (χ1) is 12.6. The zero-order valence-corrected chi connectivity index (χ0v) is 13.8. The third-order valence-electron chi connectivity index (χ3n) is 3.60. The Balaban J connectivity index is 1.69. The minimum Gasteiger partial charge on any atom is -0.268 e. The maximum absolute atomic E-state index is 12.2. The first kappa shape index (κ1) is 17.1. The van der Waals surface area contributed by atoms with E-state index in [0.717, 1.165) is 5.56 Å². The second-order valence-electron chi connectivity index (χ2n) is 5.47. The van der Waals surface area contributed by atoms with E-state index in [0.29, 0.717) is 5.56 Å². The van der Waals surface area contributed by atoms with E-state index < -0.39 is 11.8 Å². The van der Waals surface area contributed by atoms with Crippen molar-refractivity contribution in [2.24, 2.45) is 0 Å². The normalized spacial score (nSPS) is 10.2. The summed E-state index contributed by atoms with van der Waals surface area (Å²) in [6, 6.07) is 20.4. The molecule has 0 radical (unpaired) electrons. The van der Waals surface area contributed by atoms with Gasteiger partial charge in [0.2, 0.25) is 0 Å². The van der Waals surface area contributed by atoms with E-state index in [4.69, 9.17) is 0 Å². The number of amides is 2. The molecule has 3 aromatic rings. The fourth-order valence-corrected chi connectivity index (χ4v) is 2.28. The van der Waals surface area contributed by atoms with Crippen LogP contribution in [0.3, 0.4) is 0 Å². The van der Waals surface area contributed by atoms with Gasteiger partial charge in [-0.2, -0.15) is 5.10 Å². The van der Waals surface area contributed by atoms with Gasteiger partial charge in [-0.1, -0.05) is 48.5 Å². The van der Waals surface area contributed by atoms with Crippen LogP contribution in [0.15, 0.2) is 77.6 Å². The number of hydrogen-bond acceptors (Lipinski definition) is 4. The van der Waals surface area contributed by atoms with Crippen molar-refractivity contribution in [1.82, 2.24) is 20.6 Å². The van der Waals surface area contributed by atoms with Gasteiger partial charge < -0.3 is 0 Å². The Bertz CT molecular complexity index is 969. The van der Waals surface area contributed by atoms with Gasteiger partial charge in [0.15, 0.2) is 5.69 Å². The van der Waals surface area contributed by atoms with E-state index in [2.05, 4.69) is 16.0 Å². The van der Waals surface area contributed by atoms with Gasteiger partial charge in [0, 0.05) is 11.6 Å². The van der Waals surface area contributed by atoms with Crippen LogP contribution in [-0.2, 0) is 6.54 Å². The summed E-state index contributed by atoms with van der Waals surface area (Å²) in [6.45, 7) is 0.247. The lowest BCUT2D eigenvalue weighted by Gasteiger charge is -2.09. The Hall–Kier alpha value is -3.74. The van der Waals surface area contributed by atoms with E-state index in [1.807, 2.05) is 30.3 Å². The van der Waals surface area contributed by atoms with Gasteiger partial charge >= 0.3 is 0 Å². The molecule has 0 aliphatic rings. The largest absolute Gasteiger partial charge is 0.290 e. The number of nitrogens with one attached hydrogen (secondary N) is 2. The molecule has 7 heteroatoms. The number of carbonyl (C=O) groups is 2. The summed E-state index contributed by atoms with van der Waals surface area (Å²) < 4.78 is 1.20. The minimum atomic E-state index is -0.615. The molecule has 26 heavy (non-hydrogen) atoms. The van der Waals surface area contributed by atoms with Gasteiger partial charge in [0.05, 0.1) is 6.54 Å². The van der Waals surface area contributed by atoms with Gasteiger partial charge in [-0.3, -0.25) is 25.2 Å². The van der Waals surface area contributed by atoms with Crippen LogP contribution < -0.4 is 16.4 Å². The average Bonchev–Trinajstić information content (AvgIpc) is 2.69. The van der Waals surface area contributed by atoms with E-state index >= 15 is 0 Å². The number of rotatable bonds is 4. The van der Waals surface area contributed by atoms with Gasteiger partial charge in [-0.15, -0.1) is 0 Å². The Labute approximate surface area is 149 Å². The molecule has 0 spiro atoms. The molecule has 3 rings (SSSR count). The molecular weight excluding hydrogens is 332 g/mol. The van der Waals surface area contributed by atoms with Gasteiger partial charge in [0.1, 0.15) is 0 Å². The summed E-state index contributed by atoms with van der Waals surface area (Å²) in [5, 5.41) is 4.06. The third kappa shape index (κ3) is 4.21. The summed E-state index contributed by atoms with van der Waals surface area (Å²) >= 11 is 0. The molecule has 130 valence electrons. The van der Waals surface area contributed by atoms with Crippen molar-refractivity contribution in [3.8, 4) is 0 Å². The SMILES string of the molecule is O=C(NNC(=O)c1ccc(=O)n(Cc2ccccc2)n1)c1ccccc1. The van der Waals surface area contributed by atoms with E-state index in [1.54, 1.807) is 30.3 Å². The molecule has 0 aliphatic heterocycles. The van der Waals surface area contributed by atoms with Gasteiger partial charge in [-0.05, 0) is 23.8 Å². The standard InChI is InChI=1S/C19H16N4O3/c24-17-12-11-16(22-23(17)13-14-7-3-1-4-8-14)19(26)21-20-18(25)15-9-5-2-6-10-15/h1-12H,13H2,(H,20,25)(H,21,26). The predicted molar refractivity (Wildman–Crippen MR) is 95.4 cm³/mol. The van der Waals surface area contributed by atoms with Gasteiger partial charge in [-0.25, -0.2) is 4.68 Å². The zero-order valence-electron chi connectivity index (χ0n) is 13.8. The molecule has 1 aromatic heterocycles. The van der Waals surface area contributed by atoms with Crippen LogP contribution in [-0.4, -0.2) is 21.6 Å². The smallest absolute Gasteiger partial charge is 0.268 e. The highest BCUT2D eigenvalue weighted by molar-refractivity contribution is 5.98. The van der Waals surface area contributed by atoms with Gasteiger partial charge in [0.25, 0.3) is 17.4 Å². The summed E-state index contributed by atoms with van der Waals surface area (Å²) in [5.74, 6) is -1.06. The van der Waals surface area contributed by atoms with Crippen LogP contribution >= 0.6 is 0 Å². The van der Waals surface area contributed by atoms with Crippen molar-refractivity contribution < 1.29 is 9.59 Å². The molecule has 0 aliphatic carbocycles. The molecule has 0 atom stereocenters. The quantitative estimate of drug-likeness (QED) is 0.697. The summed E-state index contributed by atoms with van der Waals surface area (Å²) in [4.78, 5) is 36.1. The zero-order chi connectivity index (χ0) is 18.4. The lowest BCUT2D eigenvalue weighted by Crippen LogP contribution is -2.42. The molecule has 2 aromatic carbocycles. The Morgan fingerprint density at radius 2 is 1.42 bits per heavy atom. The first-order valence-electron chi connectivity index (χ1n) is 7.91. The van der Waals surface area contributed by atoms with E-state index in [1.165, 1.54) is 16.8 Å². The van der Waals surface area contributed by atoms with Crippen molar-refractivity contribution in [2.45, 2.75) is 6.54 Å². The van der Waals surface area contributed by atoms with E-state index in [9.17, 15) is 14.4 Å². The molecular formula is C19H16N4O3. The molecule has 7 nitrogen and oxygen atoms in total. The Morgan fingerprint density at radius 3 is 2.12 bits per heavy atom. The van der Waals surface area contributed by atoms with Crippen molar-refractivity contribution >= 4 is 11.8 Å². The second-order valence-corrected chi connectivity index (χ2v) is 5.47. The van der Waals surface area contributed by atoms with Crippen LogP contribution in [0.5, 0.6) is 0 Å². The average molecular weight is 348 g/mol. The topological polar surface area (TPSA) is 93.1 Å². The highest BCUT2D eigenvalue weighted by atomic mass is 16.2. The molecule has 0 fully saturated rings. The molecule has 0 saturated heterocycles. The molecule has 2 N–H and O–H groups in total. The lowest BCUT2D eigenvalue weighted by atomic mass is 10.2. The highest BCUT2D eigenvalue weighted by Crippen LogP contribution is 2.00. The minimum absolute atomic E-state index is 0.0221. The highest BCUT2D eigenvalue weighted by Gasteiger charge is 2.12. The maximum Gasteiger partial charge on any atom is 0.290 e. The number of carbonyl (C=O) groups excluding carboxylic acids is 2. The van der Waals surface area contributed by atoms with Crippen LogP contribution in [0.1, 0.15) is 26.4 Å². The predicted octanol–water partition coefficient (Wildman–Crippen LogP) is 1.37. The van der Waals surface area contributed by atoms with Crippen LogP contribution in [0.25, 0.3) is 0 Å². The first-order valence-corrected chi connectivity index (χ1v) is 7.91. The summed E-state index contributed by atoms with van der Waals surface area (Å²) in [7, 11) is 0. The summed E-state index contributed by atoms with van der Waals surface area (Å²) in [6.07, 6.45) is 0. The lowest BCUT2D eigenvalue weighted by molar-refractivity contribution is 0.0842. The van der Waals surface area contributed by atoms with E-state index in [-0.39, 0.29) is 17.8 Å². The van der Waals surface area contributed by atoms with Crippen LogP contribution in [0, 0.1) is 0 Å². The molecule has 0 saturated carbocycles. The number of hydrogen-bond donors (Lipinski definition) is 2. The van der Waals surface area contributed by atoms with Crippen LogP contribution in [0.2, 0.25) is 0 Å². The molecule has 2 amide bonds. The van der Waals surface area contributed by atoms with Crippen molar-refractivity contribution in [3.63, 3.8) is 0 Å². The Morgan fingerprint density at radius 1 is 0.808 bits per heavy atom. The van der Waals surface area contributed by atoms with Crippen LogP contribution in [0.4, 0.5) is 0 Å². The maximum atomic E-state index is 12.2. The van der Waals surface area contributed by atoms with Crippen molar-refractivity contribution in [2.75, 3.05) is 0 Å². The fraction of sp³-hybridized carbons (Fsp3) is 0.0526. The molecule has 0 bridgehead atoms. The van der Waals surface area contributed by atoms with Crippen molar-refractivity contribution in [3.05, 3.63) is 100.0 Å². The summed E-state index contributed by atoms with van der Waals surface area (Å²) in [5.41, 5.74) is 5.61. The second kappa shape index (κ2) is 7.89.